The Morgan fingerprint density at radius 1 is 0.892 bits per heavy atom. The fraction of sp³-hybridized carbons (Fsp3) is 0.553. The summed E-state index contributed by atoms with van der Waals surface area (Å²) in [6.07, 6.45) is -3.88. The van der Waals surface area contributed by atoms with E-state index in [1.165, 1.54) is 23.7 Å². The maximum absolute atomic E-state index is 16.7. The van der Waals surface area contributed by atoms with Gasteiger partial charge in [-0.1, -0.05) is 57.6 Å². The molecule has 10 atom stereocenters. The van der Waals surface area contributed by atoms with Gasteiger partial charge in [0.05, 0.1) is 25.9 Å². The molecule has 27 heteroatoms. The van der Waals surface area contributed by atoms with Crippen LogP contribution < -0.4 is 21.8 Å². The fourth-order valence-corrected chi connectivity index (χ4v) is 11.8. The van der Waals surface area contributed by atoms with Crippen molar-refractivity contribution in [3.05, 3.63) is 59.2 Å². The van der Waals surface area contributed by atoms with Crippen molar-refractivity contribution in [2.24, 2.45) is 0 Å². The number of carbonyl (C=O) groups is 1. The highest BCUT2D eigenvalue weighted by atomic mass is 32.7. The van der Waals surface area contributed by atoms with Crippen LogP contribution in [0.2, 0.25) is 0 Å². The lowest BCUT2D eigenvalue weighted by atomic mass is 10.1. The van der Waals surface area contributed by atoms with E-state index in [9.17, 15) is 19.0 Å². The highest BCUT2D eigenvalue weighted by Crippen LogP contribution is 2.65. The smallest absolute Gasteiger partial charge is 0.390 e. The first-order valence-corrected chi connectivity index (χ1v) is 25.8. The first kappa shape index (κ1) is 47.1. The molecular weight excluding hydrogens is 920 g/mol. The summed E-state index contributed by atoms with van der Waals surface area (Å²) in [5.41, 5.74) is 11.5. The average Bonchev–Trinajstić information content (AvgIpc) is 4.05. The number of esters is 1. The number of imidazole rings is 2. The Labute approximate surface area is 373 Å². The van der Waals surface area contributed by atoms with Gasteiger partial charge in [-0.15, -0.1) is 0 Å². The zero-order valence-corrected chi connectivity index (χ0v) is 37.5. The summed E-state index contributed by atoms with van der Waals surface area (Å²) in [7, 11) is -4.76. The van der Waals surface area contributed by atoms with Crippen LogP contribution in [0.1, 0.15) is 76.3 Å². The Balaban J connectivity index is 1.05. The Morgan fingerprint density at radius 3 is 2.35 bits per heavy atom. The third kappa shape index (κ3) is 10.7. The van der Waals surface area contributed by atoms with E-state index in [0.29, 0.717) is 29.1 Å². The lowest BCUT2D eigenvalue weighted by Gasteiger charge is -2.28. The molecule has 6 N–H and O–H groups in total. The van der Waals surface area contributed by atoms with Crippen LogP contribution >= 0.6 is 25.8 Å². The maximum atomic E-state index is 16.7. The molecule has 3 aliphatic heterocycles. The van der Waals surface area contributed by atoms with Gasteiger partial charge in [-0.2, -0.15) is 4.98 Å². The Kier molecular flexibility index (Phi) is 14.6. The highest BCUT2D eigenvalue weighted by Gasteiger charge is 2.54. The summed E-state index contributed by atoms with van der Waals surface area (Å²) in [5.74, 6) is -0.420. The van der Waals surface area contributed by atoms with Crippen LogP contribution in [-0.2, 0) is 47.5 Å². The predicted octanol–water partition coefficient (Wildman–Crippen LogP) is 5.64. The van der Waals surface area contributed by atoms with E-state index < -0.39 is 88.7 Å². The number of ether oxygens (including phenoxy) is 4. The number of aromatic amines is 1. The summed E-state index contributed by atoms with van der Waals surface area (Å²) in [6.45, 7) is -4.06. The highest BCUT2D eigenvalue weighted by molar-refractivity contribution is 8.54. The van der Waals surface area contributed by atoms with Gasteiger partial charge in [-0.3, -0.25) is 37.3 Å². The molecule has 8 rings (SSSR count). The monoisotopic (exact) mass is 968 g/mol. The SMILES string of the molecule is CCCCCCCCCC(=O)Oc1ccc(CSP2(=O)OC[C@H]3O[C@@H](n4cnc5c(N)ncnc54)[C@H](F)[C@@H]3OCP(=O)(O)OC[C@H]3O[C@@H](n4cnc5c(=O)[nH]c(N)nc54)[C@H](O2)[C@@H]3F)cc1. The molecule has 0 aliphatic carbocycles. The van der Waals surface area contributed by atoms with E-state index in [2.05, 4.69) is 36.8 Å². The minimum absolute atomic E-state index is 0.0146. The molecule has 3 aliphatic rings. The van der Waals surface area contributed by atoms with Gasteiger partial charge in [-0.25, -0.2) is 33.3 Å². The van der Waals surface area contributed by atoms with Crippen LogP contribution in [0.3, 0.4) is 0 Å². The Hall–Kier alpha value is -4.42. The summed E-state index contributed by atoms with van der Waals surface area (Å²) < 4.78 is 105. The first-order valence-electron chi connectivity index (χ1n) is 20.9. The number of unbranched alkanes of at least 4 members (excludes halogenated alkanes) is 6. The molecule has 2 bridgehead atoms. The van der Waals surface area contributed by atoms with Gasteiger partial charge in [0, 0.05) is 12.2 Å². The summed E-state index contributed by atoms with van der Waals surface area (Å²) in [6, 6.07) is 6.42. The van der Waals surface area contributed by atoms with E-state index in [1.54, 1.807) is 24.3 Å². The summed E-state index contributed by atoms with van der Waals surface area (Å²) >= 11 is 0.651. The molecule has 65 heavy (non-hydrogen) atoms. The van der Waals surface area contributed by atoms with Crippen molar-refractivity contribution in [3.63, 3.8) is 0 Å². The van der Waals surface area contributed by atoms with Gasteiger partial charge in [0.15, 0.2) is 47.4 Å². The van der Waals surface area contributed by atoms with Gasteiger partial charge < -0.3 is 39.8 Å². The Bertz CT molecular complexity index is 2630. The fourth-order valence-electron chi connectivity index (χ4n) is 7.64. The second-order valence-corrected chi connectivity index (χ2v) is 21.5. The molecule has 22 nitrogen and oxygen atoms in total. The standard InChI is InChI=1S/C38H48F2N10O12P2S/c1-2-3-4-5-6-7-8-9-25(51)59-22-12-10-21(11-13-22)16-65-64(55)58-15-24-30(27(40)36(61-24)49-18-45-28-32(41)43-17-44-33(28)49)56-20-63(53,54)57-14-23-26(39)31(62-64)37(60-23)50-19-46-29-34(50)47-38(42)48-35(29)52/h10-13,17-19,23-24,26-27,30-31,36-37H,2-9,14-16,20H2,1H3,(H,53,54)(H2,41,43,44)(H3,42,47,48,52)/t23-,24-,26-,27-,30-,31-,36-,37-,64?/m1/s1. The number of nitrogens with zero attached hydrogens (tertiary/aromatic N) is 7. The minimum Gasteiger partial charge on any atom is -0.427 e. The van der Waals surface area contributed by atoms with Crippen LogP contribution in [0.25, 0.3) is 22.3 Å². The number of hydrogen-bond acceptors (Lipinski definition) is 19. The van der Waals surface area contributed by atoms with Crippen LogP contribution in [0, 0.1) is 0 Å². The number of anilines is 2. The van der Waals surface area contributed by atoms with Crippen LogP contribution in [0.4, 0.5) is 20.5 Å². The van der Waals surface area contributed by atoms with Crippen molar-refractivity contribution in [1.29, 1.82) is 0 Å². The number of halogens is 2. The number of fused-ring (bicyclic) bond motifs is 5. The summed E-state index contributed by atoms with van der Waals surface area (Å²) in [4.78, 5) is 58.7. The lowest BCUT2D eigenvalue weighted by molar-refractivity contribution is -0.134. The average molecular weight is 969 g/mol. The van der Waals surface area contributed by atoms with E-state index in [4.69, 9.17) is 44.0 Å². The topological polar surface area (TPSA) is 295 Å². The summed E-state index contributed by atoms with van der Waals surface area (Å²) in [5, 5.41) is 0. The molecular formula is C38H48F2N10O12P2S. The number of nitrogens with two attached hydrogens (primary N) is 2. The number of hydrogen-bond donors (Lipinski definition) is 4. The lowest BCUT2D eigenvalue weighted by Crippen LogP contribution is -2.36. The molecule has 4 aromatic heterocycles. The number of aromatic nitrogens is 8. The molecule has 0 amide bonds. The van der Waals surface area contributed by atoms with Crippen molar-refractivity contribution in [2.45, 2.75) is 113 Å². The first-order chi connectivity index (χ1) is 31.2. The van der Waals surface area contributed by atoms with Gasteiger partial charge in [-0.05, 0) is 35.5 Å². The zero-order chi connectivity index (χ0) is 45.9. The third-order valence-electron chi connectivity index (χ3n) is 11.0. The molecule has 1 aromatic carbocycles. The number of nitrogen functional groups attached to an aromatic ring is 2. The van der Waals surface area contributed by atoms with Crippen molar-refractivity contribution in [2.75, 3.05) is 31.0 Å². The van der Waals surface area contributed by atoms with Crippen molar-refractivity contribution in [3.8, 4) is 5.75 Å². The van der Waals surface area contributed by atoms with Crippen molar-refractivity contribution in [1.82, 2.24) is 39.0 Å². The molecule has 3 fully saturated rings. The van der Waals surface area contributed by atoms with Crippen molar-refractivity contribution >= 4 is 65.8 Å². The molecule has 0 radical (unpaired) electrons. The van der Waals surface area contributed by atoms with Gasteiger partial charge >= 0.3 is 20.4 Å². The largest absolute Gasteiger partial charge is 0.427 e. The third-order valence-corrected chi connectivity index (χ3v) is 15.6. The number of carbonyl (C=O) groups excluding carboxylic acids is 1. The van der Waals surface area contributed by atoms with Gasteiger partial charge in [0.2, 0.25) is 5.95 Å². The number of H-pyrrole nitrogens is 1. The van der Waals surface area contributed by atoms with Crippen LogP contribution in [-0.4, -0.2) is 106 Å². The number of rotatable bonds is 14. The molecule has 2 unspecified atom stereocenters. The molecule has 0 saturated carbocycles. The van der Waals surface area contributed by atoms with E-state index >= 15 is 13.3 Å². The van der Waals surface area contributed by atoms with Gasteiger partial charge in [0.1, 0.15) is 48.4 Å². The van der Waals surface area contributed by atoms with Crippen molar-refractivity contribution < 1.29 is 60.1 Å². The zero-order valence-electron chi connectivity index (χ0n) is 34.9. The maximum Gasteiger partial charge on any atom is 0.390 e. The van der Waals surface area contributed by atoms with E-state index in [-0.39, 0.29) is 52.2 Å². The number of alkyl halides is 2. The second kappa shape index (κ2) is 20.2. The van der Waals surface area contributed by atoms with Crippen LogP contribution in [0.5, 0.6) is 5.75 Å². The Morgan fingerprint density at radius 2 is 1.58 bits per heavy atom. The van der Waals surface area contributed by atoms with Gasteiger partial charge in [0.25, 0.3) is 5.56 Å². The molecule has 352 valence electrons. The normalized spacial score (nSPS) is 29.8. The predicted molar refractivity (Wildman–Crippen MR) is 230 cm³/mol. The molecule has 7 heterocycles. The molecule has 0 spiro atoms. The second-order valence-electron chi connectivity index (χ2n) is 15.6. The molecule has 5 aromatic rings. The molecule has 3 saturated heterocycles. The number of nitrogens with one attached hydrogen (secondary N) is 1. The van der Waals surface area contributed by atoms with E-state index in [1.807, 2.05) is 0 Å². The minimum atomic E-state index is -4.76. The number of benzene rings is 1. The quantitative estimate of drug-likeness (QED) is 0.0453. The van der Waals surface area contributed by atoms with Crippen LogP contribution in [0.15, 0.2) is 48.0 Å². The van der Waals surface area contributed by atoms with E-state index in [0.717, 1.165) is 42.9 Å².